The number of benzene rings is 8. The topological polar surface area (TPSA) is 38.9 Å². The van der Waals surface area contributed by atoms with E-state index in [0.717, 1.165) is 71.9 Å². The van der Waals surface area contributed by atoms with Crippen LogP contribution in [0.4, 0.5) is 0 Å². The Morgan fingerprint density at radius 2 is 1.21 bits per heavy atom. The van der Waals surface area contributed by atoms with Crippen LogP contribution in [0.15, 0.2) is 192 Å². The lowest BCUT2D eigenvalue weighted by atomic mass is 9.85. The zero-order valence-corrected chi connectivity index (χ0v) is 31.2. The number of fused-ring (bicyclic) bond motifs is 7. The van der Waals surface area contributed by atoms with E-state index in [9.17, 15) is 0 Å². The van der Waals surface area contributed by atoms with E-state index < -0.39 is 0 Å². The second kappa shape index (κ2) is 13.5. The van der Waals surface area contributed by atoms with Gasteiger partial charge in [-0.1, -0.05) is 164 Å². The lowest BCUT2D eigenvalue weighted by Gasteiger charge is -2.19. The van der Waals surface area contributed by atoms with Crippen molar-refractivity contribution in [2.75, 3.05) is 0 Å². The maximum atomic E-state index is 6.59. The predicted molar refractivity (Wildman–Crippen MR) is 234 cm³/mol. The molecular formula is C52H34N2OS. The summed E-state index contributed by atoms with van der Waals surface area (Å²) in [6, 6.07) is 67.1. The van der Waals surface area contributed by atoms with Gasteiger partial charge < -0.3 is 4.42 Å². The summed E-state index contributed by atoms with van der Waals surface area (Å²) in [5, 5.41) is 5.76. The summed E-state index contributed by atoms with van der Waals surface area (Å²) in [5.41, 5.74) is 11.7. The maximum absolute atomic E-state index is 6.59. The molecule has 3 aromatic heterocycles. The second-order valence-corrected chi connectivity index (χ2v) is 15.6. The van der Waals surface area contributed by atoms with Crippen LogP contribution in [0.1, 0.15) is 22.6 Å². The second-order valence-electron chi connectivity index (χ2n) is 14.5. The lowest BCUT2D eigenvalue weighted by molar-refractivity contribution is 0.669. The summed E-state index contributed by atoms with van der Waals surface area (Å²) in [7, 11) is 0. The summed E-state index contributed by atoms with van der Waals surface area (Å²) in [4.78, 5) is 10.8. The highest BCUT2D eigenvalue weighted by molar-refractivity contribution is 7.26. The van der Waals surface area contributed by atoms with Gasteiger partial charge in [0.25, 0.3) is 0 Å². The van der Waals surface area contributed by atoms with Gasteiger partial charge in [0.2, 0.25) is 0 Å². The Bertz CT molecular complexity index is 3220. The van der Waals surface area contributed by atoms with Crippen molar-refractivity contribution in [3.05, 3.63) is 205 Å². The van der Waals surface area contributed by atoms with Crippen molar-refractivity contribution in [2.45, 2.75) is 12.3 Å². The highest BCUT2D eigenvalue weighted by Crippen LogP contribution is 2.43. The molecule has 56 heavy (non-hydrogen) atoms. The molecule has 0 saturated carbocycles. The number of aromatic nitrogens is 2. The molecule has 0 fully saturated rings. The van der Waals surface area contributed by atoms with Crippen LogP contribution in [0.3, 0.4) is 0 Å². The third-order valence-corrected chi connectivity index (χ3v) is 12.3. The minimum Gasteiger partial charge on any atom is -0.456 e. The monoisotopic (exact) mass is 734 g/mol. The van der Waals surface area contributed by atoms with Gasteiger partial charge in [0.1, 0.15) is 11.2 Å². The number of rotatable bonds is 7. The van der Waals surface area contributed by atoms with Crippen LogP contribution < -0.4 is 0 Å². The molecule has 3 nitrogen and oxygen atoms in total. The fraction of sp³-hybridized carbons (Fsp3) is 0.0385. The Balaban J connectivity index is 1.05. The molecule has 1 atom stereocenters. The molecule has 4 heteroatoms. The molecule has 264 valence electrons. The normalized spacial score (nSPS) is 12.3. The smallest absolute Gasteiger partial charge is 0.161 e. The fourth-order valence-electron chi connectivity index (χ4n) is 8.31. The Morgan fingerprint density at radius 1 is 0.500 bits per heavy atom. The zero-order valence-electron chi connectivity index (χ0n) is 30.4. The maximum Gasteiger partial charge on any atom is 0.161 e. The zero-order chi connectivity index (χ0) is 37.0. The first-order valence-electron chi connectivity index (χ1n) is 19.1. The van der Waals surface area contributed by atoms with E-state index in [4.69, 9.17) is 14.4 Å². The van der Waals surface area contributed by atoms with Crippen LogP contribution >= 0.6 is 11.3 Å². The van der Waals surface area contributed by atoms with Crippen LogP contribution in [0.25, 0.3) is 86.8 Å². The molecule has 0 aliphatic carbocycles. The van der Waals surface area contributed by atoms with Crippen LogP contribution in [-0.4, -0.2) is 9.97 Å². The third-order valence-electron chi connectivity index (χ3n) is 11.1. The van der Waals surface area contributed by atoms with Gasteiger partial charge in [-0.2, -0.15) is 0 Å². The quantitative estimate of drug-likeness (QED) is 0.164. The van der Waals surface area contributed by atoms with E-state index in [1.165, 1.54) is 32.2 Å². The van der Waals surface area contributed by atoms with Crippen molar-refractivity contribution in [2.24, 2.45) is 0 Å². The fourth-order valence-corrected chi connectivity index (χ4v) is 9.46. The number of para-hydroxylation sites is 1. The largest absolute Gasteiger partial charge is 0.456 e. The van der Waals surface area contributed by atoms with Gasteiger partial charge >= 0.3 is 0 Å². The molecule has 0 aliphatic rings. The number of furan rings is 1. The number of hydrogen-bond acceptors (Lipinski definition) is 4. The first kappa shape index (κ1) is 32.5. The van der Waals surface area contributed by atoms with Gasteiger partial charge in [-0.25, -0.2) is 9.97 Å². The average molecular weight is 735 g/mol. The summed E-state index contributed by atoms with van der Waals surface area (Å²) < 4.78 is 8.88. The van der Waals surface area contributed by atoms with Crippen molar-refractivity contribution in [3.8, 4) is 33.8 Å². The first-order valence-corrected chi connectivity index (χ1v) is 19.9. The van der Waals surface area contributed by atoms with Crippen LogP contribution in [0.5, 0.6) is 0 Å². The van der Waals surface area contributed by atoms with Gasteiger partial charge in [0.05, 0.1) is 15.9 Å². The van der Waals surface area contributed by atoms with E-state index in [0.29, 0.717) is 5.82 Å². The van der Waals surface area contributed by atoms with Crippen molar-refractivity contribution >= 4 is 64.4 Å². The van der Waals surface area contributed by atoms with E-state index in [-0.39, 0.29) is 5.92 Å². The number of hydrogen-bond donors (Lipinski definition) is 0. The van der Waals surface area contributed by atoms with Crippen molar-refractivity contribution in [1.29, 1.82) is 0 Å². The van der Waals surface area contributed by atoms with Crippen molar-refractivity contribution in [1.82, 2.24) is 9.97 Å². The van der Waals surface area contributed by atoms with Crippen LogP contribution in [-0.2, 0) is 6.42 Å². The molecule has 3 heterocycles. The molecule has 0 N–H and O–H groups in total. The molecular weight excluding hydrogens is 701 g/mol. The molecule has 0 aliphatic heterocycles. The Hall–Kier alpha value is -6.88. The predicted octanol–water partition coefficient (Wildman–Crippen LogP) is 14.3. The van der Waals surface area contributed by atoms with Gasteiger partial charge in [-0.05, 0) is 69.3 Å². The standard InChI is InChI=1S/C52H34N2OS/c1-3-14-36(15-4-1)43(39-28-27-34-13-7-8-18-38(34)30-39)29-33-23-25-35(26-24-33)40-31-44(48-41-19-9-11-21-45(41)55-46(48)32-40)52-53-49(37-16-5-2-6-17-37)51-50(54-52)42-20-10-12-22-47(42)56-51/h1-28,30-32,43H,29H2. The molecule has 11 aromatic rings. The Morgan fingerprint density at radius 3 is 2.05 bits per heavy atom. The Kier molecular flexibility index (Phi) is 7.82. The molecule has 1 unspecified atom stereocenters. The SMILES string of the molecule is c1ccc(-c2nc(-c3cc(-c4ccc(CC(c5ccccc5)c5ccc6ccccc6c5)cc4)cc4oc5ccccc5c34)nc3c2sc2ccccc23)cc1. The summed E-state index contributed by atoms with van der Waals surface area (Å²) in [6.07, 6.45) is 0.890. The molecule has 0 saturated heterocycles. The van der Waals surface area contributed by atoms with Crippen molar-refractivity contribution in [3.63, 3.8) is 0 Å². The Labute approximate surface area is 328 Å². The lowest BCUT2D eigenvalue weighted by Crippen LogP contribution is -2.05. The molecule has 0 bridgehead atoms. The highest BCUT2D eigenvalue weighted by Gasteiger charge is 2.22. The minimum atomic E-state index is 0.226. The van der Waals surface area contributed by atoms with Gasteiger partial charge in [-0.3, -0.25) is 0 Å². The summed E-state index contributed by atoms with van der Waals surface area (Å²) in [5.74, 6) is 0.917. The first-order chi connectivity index (χ1) is 27.7. The molecule has 8 aromatic carbocycles. The average Bonchev–Trinajstić information content (AvgIpc) is 3.84. The molecule has 0 radical (unpaired) electrons. The van der Waals surface area contributed by atoms with Gasteiger partial charge in [0, 0.05) is 37.9 Å². The molecule has 0 spiro atoms. The minimum absolute atomic E-state index is 0.226. The third kappa shape index (κ3) is 5.66. The van der Waals surface area contributed by atoms with Gasteiger partial charge in [-0.15, -0.1) is 11.3 Å². The highest BCUT2D eigenvalue weighted by atomic mass is 32.1. The summed E-state index contributed by atoms with van der Waals surface area (Å²) in [6.45, 7) is 0. The summed E-state index contributed by atoms with van der Waals surface area (Å²) >= 11 is 1.75. The van der Waals surface area contributed by atoms with Crippen LogP contribution in [0.2, 0.25) is 0 Å². The van der Waals surface area contributed by atoms with E-state index in [1.807, 2.05) is 12.1 Å². The van der Waals surface area contributed by atoms with E-state index in [2.05, 4.69) is 176 Å². The van der Waals surface area contributed by atoms with E-state index >= 15 is 0 Å². The van der Waals surface area contributed by atoms with Crippen molar-refractivity contribution < 1.29 is 4.42 Å². The van der Waals surface area contributed by atoms with Crippen LogP contribution in [0, 0.1) is 0 Å². The molecule has 11 rings (SSSR count). The van der Waals surface area contributed by atoms with Gasteiger partial charge in [0.15, 0.2) is 5.82 Å². The number of nitrogens with zero attached hydrogens (tertiary/aromatic N) is 2. The molecule has 0 amide bonds. The van der Waals surface area contributed by atoms with E-state index in [1.54, 1.807) is 11.3 Å². The number of thiophene rings is 1.